The van der Waals surface area contributed by atoms with Crippen molar-refractivity contribution < 1.29 is 0 Å². The summed E-state index contributed by atoms with van der Waals surface area (Å²) in [6.07, 6.45) is 2.36. The molecule has 0 N–H and O–H groups in total. The van der Waals surface area contributed by atoms with E-state index in [1.807, 2.05) is 4.90 Å². The number of unbranched alkanes of at least 4 members (excludes halogenated alkanes) is 1. The van der Waals surface area contributed by atoms with Gasteiger partial charge >= 0.3 is 0 Å². The lowest BCUT2D eigenvalue weighted by atomic mass is 10.3. The van der Waals surface area contributed by atoms with E-state index in [-0.39, 0.29) is 0 Å². The number of thiocarbonyl (C=S) groups is 1. The van der Waals surface area contributed by atoms with Gasteiger partial charge in [-0.25, -0.2) is 0 Å². The van der Waals surface area contributed by atoms with Crippen LogP contribution in [0.5, 0.6) is 0 Å². The molecule has 60 valence electrons. The molecule has 0 amide bonds. The Kier molecular flexibility index (Phi) is 6.03. The third-order valence-electron chi connectivity index (χ3n) is 1.41. The van der Waals surface area contributed by atoms with E-state index < -0.39 is 0 Å². The highest BCUT2D eigenvalue weighted by atomic mass is 35.5. The second-order valence-corrected chi connectivity index (χ2v) is 3.15. The molecule has 0 aromatic heterocycles. The Morgan fingerprint density at radius 2 is 2.10 bits per heavy atom. The Morgan fingerprint density at radius 3 is 2.40 bits per heavy atom. The first kappa shape index (κ1) is 10.2. The molecule has 0 radical (unpaired) electrons. The van der Waals surface area contributed by atoms with Crippen LogP contribution in [0.1, 0.15) is 26.7 Å². The van der Waals surface area contributed by atoms with E-state index in [1.54, 1.807) is 0 Å². The summed E-state index contributed by atoms with van der Waals surface area (Å²) < 4.78 is 0.496. The molecule has 0 aliphatic rings. The maximum absolute atomic E-state index is 5.64. The largest absolute Gasteiger partial charge is 0.354 e. The first-order chi connectivity index (χ1) is 4.72. The molecule has 3 heteroatoms. The van der Waals surface area contributed by atoms with Crippen LogP contribution in [0.15, 0.2) is 0 Å². The maximum atomic E-state index is 5.64. The van der Waals surface area contributed by atoms with Gasteiger partial charge in [0.25, 0.3) is 0 Å². The van der Waals surface area contributed by atoms with Crippen LogP contribution in [0, 0.1) is 0 Å². The lowest BCUT2D eigenvalue weighted by Crippen LogP contribution is -2.26. The summed E-state index contributed by atoms with van der Waals surface area (Å²) in [6.45, 7) is 6.13. The molecule has 0 aromatic rings. The van der Waals surface area contributed by atoms with Crippen molar-refractivity contribution in [3.8, 4) is 0 Å². The molecule has 0 spiro atoms. The number of rotatable bonds is 4. The molecule has 1 nitrogen and oxygen atoms in total. The van der Waals surface area contributed by atoms with Gasteiger partial charge in [0.05, 0.1) is 0 Å². The second-order valence-electron chi connectivity index (χ2n) is 2.19. The summed E-state index contributed by atoms with van der Waals surface area (Å²) in [6, 6.07) is 0. The predicted molar refractivity (Wildman–Crippen MR) is 50.6 cm³/mol. The monoisotopic (exact) mass is 179 g/mol. The van der Waals surface area contributed by atoms with Gasteiger partial charge in [-0.3, -0.25) is 0 Å². The first-order valence-corrected chi connectivity index (χ1v) is 4.45. The van der Waals surface area contributed by atoms with Crippen molar-refractivity contribution in [2.75, 3.05) is 13.1 Å². The fourth-order valence-electron chi connectivity index (χ4n) is 0.719. The molecule has 0 unspecified atom stereocenters. The molecule has 0 aromatic carbocycles. The van der Waals surface area contributed by atoms with E-state index >= 15 is 0 Å². The van der Waals surface area contributed by atoms with Crippen LogP contribution in [0.3, 0.4) is 0 Å². The van der Waals surface area contributed by atoms with Gasteiger partial charge in [-0.1, -0.05) is 24.9 Å². The SMILES string of the molecule is CCCCN(CC)C(=S)Cl. The van der Waals surface area contributed by atoms with Gasteiger partial charge in [-0.05, 0) is 25.6 Å². The lowest BCUT2D eigenvalue weighted by Gasteiger charge is -2.18. The molecule has 10 heavy (non-hydrogen) atoms. The van der Waals surface area contributed by atoms with Crippen LogP contribution in [-0.4, -0.2) is 22.4 Å². The smallest absolute Gasteiger partial charge is 0.169 e. The normalized spacial score (nSPS) is 9.50. The van der Waals surface area contributed by atoms with Crippen LogP contribution < -0.4 is 0 Å². The molecular weight excluding hydrogens is 166 g/mol. The highest BCUT2D eigenvalue weighted by molar-refractivity contribution is 7.83. The second kappa shape index (κ2) is 5.93. The average molecular weight is 180 g/mol. The fraction of sp³-hybridized carbons (Fsp3) is 0.857. The Labute approximate surface area is 73.4 Å². The van der Waals surface area contributed by atoms with Crippen molar-refractivity contribution in [1.82, 2.24) is 4.90 Å². The highest BCUT2D eigenvalue weighted by Crippen LogP contribution is 1.99. The van der Waals surface area contributed by atoms with Gasteiger partial charge < -0.3 is 4.90 Å². The van der Waals surface area contributed by atoms with Gasteiger partial charge in [0.1, 0.15) is 0 Å². The highest BCUT2D eigenvalue weighted by Gasteiger charge is 2.01. The van der Waals surface area contributed by atoms with E-state index in [0.717, 1.165) is 13.1 Å². The molecule has 0 aliphatic heterocycles. The van der Waals surface area contributed by atoms with E-state index in [2.05, 4.69) is 13.8 Å². The number of hydrogen-bond donors (Lipinski definition) is 0. The van der Waals surface area contributed by atoms with Crippen LogP contribution in [0.4, 0.5) is 0 Å². The summed E-state index contributed by atoms with van der Waals surface area (Å²) in [5.74, 6) is 0. The summed E-state index contributed by atoms with van der Waals surface area (Å²) in [5.41, 5.74) is 0. The fourth-order valence-corrected chi connectivity index (χ4v) is 1.14. The first-order valence-electron chi connectivity index (χ1n) is 3.66. The number of nitrogens with zero attached hydrogens (tertiary/aromatic N) is 1. The Balaban J connectivity index is 3.50. The Hall–Kier alpha value is 0.180. The molecular formula is C7H14ClNS. The van der Waals surface area contributed by atoms with Crippen LogP contribution in [0.2, 0.25) is 0 Å². The zero-order chi connectivity index (χ0) is 7.98. The molecule has 0 rings (SSSR count). The van der Waals surface area contributed by atoms with Crippen molar-refractivity contribution in [1.29, 1.82) is 0 Å². The average Bonchev–Trinajstić information content (AvgIpc) is 1.89. The molecule has 0 bridgehead atoms. The molecule has 0 atom stereocenters. The van der Waals surface area contributed by atoms with Crippen LogP contribution in [-0.2, 0) is 0 Å². The molecule has 0 heterocycles. The third-order valence-corrected chi connectivity index (χ3v) is 1.91. The third kappa shape index (κ3) is 4.07. The summed E-state index contributed by atoms with van der Waals surface area (Å²) in [7, 11) is 0. The van der Waals surface area contributed by atoms with E-state index in [0.29, 0.717) is 4.45 Å². The van der Waals surface area contributed by atoms with Gasteiger partial charge in [-0.15, -0.1) is 0 Å². The van der Waals surface area contributed by atoms with E-state index in [9.17, 15) is 0 Å². The zero-order valence-electron chi connectivity index (χ0n) is 6.56. The van der Waals surface area contributed by atoms with E-state index in [4.69, 9.17) is 23.8 Å². The molecule has 0 fully saturated rings. The van der Waals surface area contributed by atoms with Crippen molar-refractivity contribution in [2.24, 2.45) is 0 Å². The van der Waals surface area contributed by atoms with Crippen LogP contribution >= 0.6 is 23.8 Å². The minimum absolute atomic E-state index is 0.496. The standard InChI is InChI=1S/C7H14ClNS/c1-3-5-6-9(4-2)7(8)10/h3-6H2,1-2H3. The lowest BCUT2D eigenvalue weighted by molar-refractivity contribution is 0.441. The van der Waals surface area contributed by atoms with Crippen molar-refractivity contribution in [3.05, 3.63) is 0 Å². The minimum Gasteiger partial charge on any atom is -0.354 e. The van der Waals surface area contributed by atoms with Gasteiger partial charge in [-0.2, -0.15) is 0 Å². The summed E-state index contributed by atoms with van der Waals surface area (Å²) in [5, 5.41) is 0. The zero-order valence-corrected chi connectivity index (χ0v) is 8.13. The van der Waals surface area contributed by atoms with Crippen molar-refractivity contribution >= 4 is 28.3 Å². The molecule has 0 aliphatic carbocycles. The predicted octanol–water partition coefficient (Wildman–Crippen LogP) is 2.63. The van der Waals surface area contributed by atoms with Crippen molar-refractivity contribution in [2.45, 2.75) is 26.7 Å². The topological polar surface area (TPSA) is 3.24 Å². The quantitative estimate of drug-likeness (QED) is 0.371. The minimum atomic E-state index is 0.496. The maximum Gasteiger partial charge on any atom is 0.169 e. The van der Waals surface area contributed by atoms with Gasteiger partial charge in [0.15, 0.2) is 4.45 Å². The summed E-state index contributed by atoms with van der Waals surface area (Å²) >= 11 is 10.5. The van der Waals surface area contributed by atoms with Gasteiger partial charge in [0, 0.05) is 13.1 Å². The number of halogens is 1. The Morgan fingerprint density at radius 1 is 1.50 bits per heavy atom. The number of hydrogen-bond acceptors (Lipinski definition) is 1. The summed E-state index contributed by atoms with van der Waals surface area (Å²) in [4.78, 5) is 2.00. The van der Waals surface area contributed by atoms with Gasteiger partial charge in [0.2, 0.25) is 0 Å². The van der Waals surface area contributed by atoms with Crippen molar-refractivity contribution in [3.63, 3.8) is 0 Å². The Bertz CT molecular complexity index is 106. The molecule has 0 saturated carbocycles. The van der Waals surface area contributed by atoms with E-state index in [1.165, 1.54) is 12.8 Å². The van der Waals surface area contributed by atoms with Crippen LogP contribution in [0.25, 0.3) is 0 Å². The molecule has 0 saturated heterocycles.